The molecule has 0 spiro atoms. The van der Waals surface area contributed by atoms with E-state index < -0.39 is 0 Å². The Morgan fingerprint density at radius 2 is 1.74 bits per heavy atom. The molecule has 5 heteroatoms. The molecule has 5 nitrogen and oxygen atoms in total. The Morgan fingerprint density at radius 1 is 1.00 bits per heavy atom. The highest BCUT2D eigenvalue weighted by Crippen LogP contribution is 2.44. The van der Waals surface area contributed by atoms with E-state index in [2.05, 4.69) is 39.6 Å². The summed E-state index contributed by atoms with van der Waals surface area (Å²) in [6, 6.07) is 22.7. The molecule has 0 aliphatic heterocycles. The number of rotatable bonds is 6. The van der Waals surface area contributed by atoms with Gasteiger partial charge in [0.2, 0.25) is 0 Å². The second-order valence-corrected chi connectivity index (χ2v) is 7.59. The second-order valence-electron chi connectivity index (χ2n) is 7.59. The number of imidazole rings is 1. The van der Waals surface area contributed by atoms with Crippen molar-refractivity contribution in [3.63, 3.8) is 0 Å². The van der Waals surface area contributed by atoms with Gasteiger partial charge in [0, 0.05) is 18.0 Å². The number of nitrogens with zero attached hydrogens (tertiary/aromatic N) is 1. The summed E-state index contributed by atoms with van der Waals surface area (Å²) in [6.07, 6.45) is 6.09. The predicted molar refractivity (Wildman–Crippen MR) is 123 cm³/mol. The van der Waals surface area contributed by atoms with E-state index in [-0.39, 0.29) is 12.0 Å². The average Bonchev–Trinajstić information content (AvgIpc) is 3.41. The van der Waals surface area contributed by atoms with Gasteiger partial charge in [-0.3, -0.25) is 0 Å². The van der Waals surface area contributed by atoms with E-state index in [0.717, 1.165) is 16.6 Å². The second kappa shape index (κ2) is 8.48. The number of carbonyl (C=O) groups is 1. The van der Waals surface area contributed by atoms with Crippen molar-refractivity contribution >= 4 is 23.2 Å². The van der Waals surface area contributed by atoms with Crippen LogP contribution in [0.5, 0.6) is 0 Å². The molecule has 3 aromatic carbocycles. The summed E-state index contributed by atoms with van der Waals surface area (Å²) in [6.45, 7) is 0.848. The molecule has 2 N–H and O–H groups in total. The Bertz CT molecular complexity index is 1210. The van der Waals surface area contributed by atoms with Crippen LogP contribution in [0.4, 0.5) is 4.79 Å². The maximum absolute atomic E-state index is 12.2. The highest BCUT2D eigenvalue weighted by Gasteiger charge is 2.28. The average molecular weight is 409 g/mol. The van der Waals surface area contributed by atoms with Gasteiger partial charge in [0.05, 0.1) is 17.4 Å². The van der Waals surface area contributed by atoms with Crippen LogP contribution in [0.15, 0.2) is 79.1 Å². The Labute approximate surface area is 180 Å². The lowest BCUT2D eigenvalue weighted by molar-refractivity contribution is 0.143. The van der Waals surface area contributed by atoms with Crippen molar-refractivity contribution in [3.8, 4) is 11.1 Å². The number of hydrogen-bond donors (Lipinski definition) is 2. The first-order valence-electron chi connectivity index (χ1n) is 10.5. The zero-order valence-corrected chi connectivity index (χ0v) is 17.0. The maximum Gasteiger partial charge on any atom is 0.407 e. The molecule has 31 heavy (non-hydrogen) atoms. The minimum Gasteiger partial charge on any atom is -0.449 e. The Morgan fingerprint density at radius 3 is 2.52 bits per heavy atom. The van der Waals surface area contributed by atoms with Crippen LogP contribution < -0.4 is 5.32 Å². The molecule has 154 valence electrons. The monoisotopic (exact) mass is 409 g/mol. The topological polar surface area (TPSA) is 67.0 Å². The van der Waals surface area contributed by atoms with Gasteiger partial charge in [-0.05, 0) is 34.7 Å². The van der Waals surface area contributed by atoms with Crippen LogP contribution in [0.2, 0.25) is 0 Å². The summed E-state index contributed by atoms with van der Waals surface area (Å²) in [4.78, 5) is 19.7. The van der Waals surface area contributed by atoms with Crippen molar-refractivity contribution in [3.05, 3.63) is 95.8 Å². The summed E-state index contributed by atoms with van der Waals surface area (Å²) in [7, 11) is 0. The third kappa shape index (κ3) is 3.82. The first-order valence-corrected chi connectivity index (χ1v) is 10.5. The molecule has 0 fully saturated rings. The van der Waals surface area contributed by atoms with E-state index in [0.29, 0.717) is 19.6 Å². The van der Waals surface area contributed by atoms with Gasteiger partial charge in [-0.1, -0.05) is 72.8 Å². The molecule has 0 atom stereocenters. The first kappa shape index (κ1) is 19.1. The quantitative estimate of drug-likeness (QED) is 0.413. The largest absolute Gasteiger partial charge is 0.449 e. The molecule has 1 aliphatic carbocycles. The number of H-pyrrole nitrogens is 1. The first-order chi connectivity index (χ1) is 15.3. The van der Waals surface area contributed by atoms with Crippen LogP contribution in [0.3, 0.4) is 0 Å². The van der Waals surface area contributed by atoms with E-state index in [1.807, 2.05) is 54.6 Å². The maximum atomic E-state index is 12.2. The molecule has 1 amide bonds. The summed E-state index contributed by atoms with van der Waals surface area (Å²) < 4.78 is 5.56. The summed E-state index contributed by atoms with van der Waals surface area (Å²) in [5.41, 5.74) is 7.90. The summed E-state index contributed by atoms with van der Waals surface area (Å²) >= 11 is 0. The van der Waals surface area contributed by atoms with Gasteiger partial charge in [0.1, 0.15) is 6.61 Å². The number of carbonyl (C=O) groups excluding carboxylic acids is 1. The molecule has 0 radical (unpaired) electrons. The molecular formula is C26H23N3O2. The van der Waals surface area contributed by atoms with Crippen LogP contribution in [0, 0.1) is 0 Å². The highest BCUT2D eigenvalue weighted by atomic mass is 16.5. The number of fused-ring (bicyclic) bond motifs is 4. The lowest BCUT2D eigenvalue weighted by atomic mass is 9.98. The Kier molecular flexibility index (Phi) is 5.23. The van der Waals surface area contributed by atoms with Crippen LogP contribution >= 0.6 is 0 Å². The highest BCUT2D eigenvalue weighted by molar-refractivity contribution is 5.84. The van der Waals surface area contributed by atoms with Crippen molar-refractivity contribution in [2.24, 2.45) is 0 Å². The lowest BCUT2D eigenvalue weighted by Crippen LogP contribution is -2.26. The number of benzene rings is 3. The number of amides is 1. The van der Waals surface area contributed by atoms with Crippen LogP contribution in [-0.2, 0) is 4.74 Å². The molecule has 5 rings (SSSR count). The number of ether oxygens (including phenoxy) is 1. The Balaban J connectivity index is 1.14. The molecule has 0 saturated carbocycles. The molecule has 1 aliphatic rings. The summed E-state index contributed by atoms with van der Waals surface area (Å²) in [5.74, 6) is 0.0763. The van der Waals surface area contributed by atoms with Gasteiger partial charge in [-0.2, -0.15) is 0 Å². The third-order valence-corrected chi connectivity index (χ3v) is 5.70. The molecule has 0 bridgehead atoms. The van der Waals surface area contributed by atoms with Gasteiger partial charge in [-0.25, -0.2) is 9.78 Å². The van der Waals surface area contributed by atoms with Crippen molar-refractivity contribution in [2.45, 2.75) is 12.3 Å². The zero-order valence-electron chi connectivity index (χ0n) is 17.0. The van der Waals surface area contributed by atoms with Crippen LogP contribution in [0.25, 0.3) is 28.2 Å². The molecule has 4 aromatic rings. The van der Waals surface area contributed by atoms with Crippen molar-refractivity contribution in [2.75, 3.05) is 13.2 Å². The van der Waals surface area contributed by atoms with Gasteiger partial charge in [-0.15, -0.1) is 0 Å². The van der Waals surface area contributed by atoms with Crippen LogP contribution in [0.1, 0.15) is 29.0 Å². The van der Waals surface area contributed by atoms with E-state index in [9.17, 15) is 4.79 Å². The molecule has 0 saturated heterocycles. The van der Waals surface area contributed by atoms with Crippen molar-refractivity contribution < 1.29 is 9.53 Å². The molecule has 0 unspecified atom stereocenters. The zero-order chi connectivity index (χ0) is 21.0. The number of nitrogens with one attached hydrogen (secondary N) is 2. The van der Waals surface area contributed by atoms with E-state index in [1.165, 1.54) is 22.3 Å². The van der Waals surface area contributed by atoms with E-state index in [4.69, 9.17) is 4.74 Å². The van der Waals surface area contributed by atoms with Crippen molar-refractivity contribution in [1.29, 1.82) is 0 Å². The molecule has 1 heterocycles. The lowest BCUT2D eigenvalue weighted by Gasteiger charge is -2.14. The number of alkyl carbamates (subject to hydrolysis) is 1. The minimum absolute atomic E-state index is 0.0763. The van der Waals surface area contributed by atoms with Gasteiger partial charge >= 0.3 is 6.09 Å². The van der Waals surface area contributed by atoms with Gasteiger partial charge in [0.15, 0.2) is 0 Å². The van der Waals surface area contributed by atoms with Crippen LogP contribution in [-0.4, -0.2) is 29.2 Å². The SMILES string of the molecule is O=C(NCCC=Cc1cccc2[nH]cnc12)OCC1c2ccccc2-c2ccccc21. The van der Waals surface area contributed by atoms with E-state index >= 15 is 0 Å². The number of para-hydroxylation sites is 1. The van der Waals surface area contributed by atoms with E-state index in [1.54, 1.807) is 6.33 Å². The molecule has 1 aromatic heterocycles. The van der Waals surface area contributed by atoms with Crippen molar-refractivity contribution in [1.82, 2.24) is 15.3 Å². The van der Waals surface area contributed by atoms with Gasteiger partial charge < -0.3 is 15.0 Å². The summed E-state index contributed by atoms with van der Waals surface area (Å²) in [5, 5.41) is 2.84. The fourth-order valence-corrected chi connectivity index (χ4v) is 4.24. The Hall–Kier alpha value is -3.86. The molecular weight excluding hydrogens is 386 g/mol. The minimum atomic E-state index is -0.385. The predicted octanol–water partition coefficient (Wildman–Crippen LogP) is 5.50. The third-order valence-electron chi connectivity index (χ3n) is 5.70. The normalized spacial score (nSPS) is 12.8. The number of aromatic nitrogens is 2. The smallest absolute Gasteiger partial charge is 0.407 e. The standard InChI is InChI=1S/C26H23N3O2/c30-26(27-15-6-5-8-18-9-7-14-24-25(18)29-17-28-24)31-16-23-21-12-3-1-10-19(21)20-11-2-4-13-22(20)23/h1-5,7-14,17,23H,6,15-16H2,(H,27,30)(H,28,29). The fourth-order valence-electron chi connectivity index (χ4n) is 4.24. The number of hydrogen-bond acceptors (Lipinski definition) is 3. The van der Waals surface area contributed by atoms with Gasteiger partial charge in [0.25, 0.3) is 0 Å². The number of aromatic amines is 1. The fraction of sp³-hybridized carbons (Fsp3) is 0.154.